The number of amides is 1. The first-order valence-corrected chi connectivity index (χ1v) is 12.0. The van der Waals surface area contributed by atoms with Gasteiger partial charge in [0.15, 0.2) is 17.6 Å². The molecule has 39 heavy (non-hydrogen) atoms. The number of ether oxygens (including phenoxy) is 1. The van der Waals surface area contributed by atoms with Gasteiger partial charge in [-0.1, -0.05) is 13.0 Å². The number of non-ortho nitro benzene ring substituents is 1. The molecule has 0 aliphatic heterocycles. The molecule has 1 amide bonds. The lowest BCUT2D eigenvalue weighted by atomic mass is 10.1. The first-order valence-electron chi connectivity index (χ1n) is 12.0. The highest BCUT2D eigenvalue weighted by Gasteiger charge is 2.24. The number of hydrogen-bond donors (Lipinski definition) is 1. The van der Waals surface area contributed by atoms with Crippen molar-refractivity contribution < 1.29 is 28.1 Å². The van der Waals surface area contributed by atoms with Crippen LogP contribution in [0.4, 0.5) is 11.4 Å². The largest absolute Gasteiger partial charge is 0.463 e. The van der Waals surface area contributed by atoms with Crippen molar-refractivity contribution in [3.05, 3.63) is 94.4 Å². The monoisotopic (exact) mass is 526 g/mol. The standard InChI is InChI=1S/C28H22N4O7/c1-3-22(27(33)31-20-15-18(32(35)36)10-8-16(20)2)39-28(34)17-9-11-19-21(14-17)30-26(24-7-5-13-38-24)25(29-19)23-6-4-12-37-23/h4-15,22H,3H2,1-2H3,(H,31,33). The van der Waals surface area contributed by atoms with Crippen LogP contribution in [0.5, 0.6) is 0 Å². The molecule has 11 nitrogen and oxygen atoms in total. The lowest BCUT2D eigenvalue weighted by Gasteiger charge is -2.17. The van der Waals surface area contributed by atoms with E-state index in [0.717, 1.165) is 0 Å². The summed E-state index contributed by atoms with van der Waals surface area (Å²) >= 11 is 0. The molecule has 1 atom stereocenters. The summed E-state index contributed by atoms with van der Waals surface area (Å²) in [7, 11) is 0. The number of esters is 1. The third-order valence-corrected chi connectivity index (χ3v) is 6.01. The Labute approximate surface area is 221 Å². The van der Waals surface area contributed by atoms with Crippen LogP contribution < -0.4 is 5.32 Å². The minimum absolute atomic E-state index is 0.165. The van der Waals surface area contributed by atoms with E-state index >= 15 is 0 Å². The highest BCUT2D eigenvalue weighted by Crippen LogP contribution is 2.32. The van der Waals surface area contributed by atoms with Gasteiger partial charge in [0, 0.05) is 12.1 Å². The minimum atomic E-state index is -1.13. The number of aromatic nitrogens is 2. The van der Waals surface area contributed by atoms with Crippen LogP contribution in [0.3, 0.4) is 0 Å². The quantitative estimate of drug-likeness (QED) is 0.147. The first-order chi connectivity index (χ1) is 18.8. The molecule has 0 aliphatic carbocycles. The fraction of sp³-hybridized carbons (Fsp3) is 0.143. The van der Waals surface area contributed by atoms with Crippen molar-refractivity contribution in [1.29, 1.82) is 0 Å². The number of rotatable bonds is 8. The fourth-order valence-corrected chi connectivity index (χ4v) is 3.94. The smallest absolute Gasteiger partial charge is 0.338 e. The molecule has 0 bridgehead atoms. The Morgan fingerprint density at radius 2 is 1.64 bits per heavy atom. The number of carbonyl (C=O) groups excluding carboxylic acids is 2. The number of nitro groups is 1. The predicted molar refractivity (Wildman–Crippen MR) is 141 cm³/mol. The molecule has 1 unspecified atom stereocenters. The number of anilines is 1. The topological polar surface area (TPSA) is 151 Å². The molecule has 196 valence electrons. The van der Waals surface area contributed by atoms with Crippen molar-refractivity contribution in [2.24, 2.45) is 0 Å². The molecule has 2 aromatic carbocycles. The fourth-order valence-electron chi connectivity index (χ4n) is 3.94. The van der Waals surface area contributed by atoms with Gasteiger partial charge in [-0.15, -0.1) is 0 Å². The molecule has 3 heterocycles. The number of nitro benzene ring substituents is 1. The molecule has 0 spiro atoms. The van der Waals surface area contributed by atoms with E-state index in [1.165, 1.54) is 42.9 Å². The number of furan rings is 2. The van der Waals surface area contributed by atoms with Crippen LogP contribution in [0.2, 0.25) is 0 Å². The van der Waals surface area contributed by atoms with Crippen LogP contribution >= 0.6 is 0 Å². The van der Waals surface area contributed by atoms with E-state index in [-0.39, 0.29) is 23.4 Å². The zero-order valence-corrected chi connectivity index (χ0v) is 20.9. The number of aryl methyl sites for hydroxylation is 1. The molecule has 1 N–H and O–H groups in total. The summed E-state index contributed by atoms with van der Waals surface area (Å²) in [4.78, 5) is 45.8. The van der Waals surface area contributed by atoms with Gasteiger partial charge in [-0.2, -0.15) is 0 Å². The summed E-state index contributed by atoms with van der Waals surface area (Å²) in [5.74, 6) is -0.345. The normalized spacial score (nSPS) is 11.7. The maximum absolute atomic E-state index is 13.0. The van der Waals surface area contributed by atoms with Crippen LogP contribution in [0, 0.1) is 17.0 Å². The third kappa shape index (κ3) is 5.23. The second-order valence-corrected chi connectivity index (χ2v) is 8.63. The van der Waals surface area contributed by atoms with Crippen molar-refractivity contribution in [1.82, 2.24) is 9.97 Å². The highest BCUT2D eigenvalue weighted by atomic mass is 16.6. The first kappa shape index (κ1) is 25.3. The van der Waals surface area contributed by atoms with Gasteiger partial charge in [-0.05, 0) is 61.4 Å². The van der Waals surface area contributed by atoms with Gasteiger partial charge in [-0.25, -0.2) is 14.8 Å². The van der Waals surface area contributed by atoms with Crippen LogP contribution in [-0.4, -0.2) is 32.9 Å². The van der Waals surface area contributed by atoms with Crippen LogP contribution in [0.15, 0.2) is 82.0 Å². The molecular weight excluding hydrogens is 504 g/mol. The van der Waals surface area contributed by atoms with Gasteiger partial charge in [0.1, 0.15) is 11.4 Å². The lowest BCUT2D eigenvalue weighted by Crippen LogP contribution is -2.32. The Morgan fingerprint density at radius 3 is 2.23 bits per heavy atom. The molecular formula is C28H22N4O7. The summed E-state index contributed by atoms with van der Waals surface area (Å²) in [6, 6.07) is 15.8. The van der Waals surface area contributed by atoms with E-state index < -0.39 is 22.9 Å². The Morgan fingerprint density at radius 1 is 0.974 bits per heavy atom. The summed E-state index contributed by atoms with van der Waals surface area (Å²) in [6.07, 6.45) is 2.12. The number of benzene rings is 2. The molecule has 0 aliphatic rings. The van der Waals surface area contributed by atoms with Crippen molar-refractivity contribution in [3.8, 4) is 22.9 Å². The molecule has 0 radical (unpaired) electrons. The van der Waals surface area contributed by atoms with Crippen molar-refractivity contribution in [2.45, 2.75) is 26.4 Å². The van der Waals surface area contributed by atoms with E-state index in [9.17, 15) is 19.7 Å². The number of nitrogens with one attached hydrogen (secondary N) is 1. The van der Waals surface area contributed by atoms with Gasteiger partial charge in [-0.3, -0.25) is 14.9 Å². The number of nitrogens with zero attached hydrogens (tertiary/aromatic N) is 3. The van der Waals surface area contributed by atoms with E-state index in [2.05, 4.69) is 15.3 Å². The molecule has 0 saturated heterocycles. The van der Waals surface area contributed by atoms with E-state index in [1.807, 2.05) is 0 Å². The van der Waals surface area contributed by atoms with Gasteiger partial charge >= 0.3 is 5.97 Å². The number of hydrogen-bond acceptors (Lipinski definition) is 9. The zero-order chi connectivity index (χ0) is 27.5. The maximum Gasteiger partial charge on any atom is 0.338 e. The predicted octanol–water partition coefficient (Wildman–Crippen LogP) is 5.94. The SMILES string of the molecule is CCC(OC(=O)c1ccc2nc(-c3ccco3)c(-c3ccco3)nc2c1)C(=O)Nc1cc([N+](=O)[O-])ccc1C. The second kappa shape index (κ2) is 10.6. The van der Waals surface area contributed by atoms with Crippen LogP contribution in [-0.2, 0) is 9.53 Å². The Balaban J connectivity index is 1.40. The summed E-state index contributed by atoms with van der Waals surface area (Å²) in [5, 5.41) is 13.7. The van der Waals surface area contributed by atoms with Gasteiger partial charge in [0.05, 0.1) is 39.7 Å². The lowest BCUT2D eigenvalue weighted by molar-refractivity contribution is -0.384. The van der Waals surface area contributed by atoms with Crippen molar-refractivity contribution >= 4 is 34.3 Å². The number of carbonyl (C=O) groups is 2. The summed E-state index contributed by atoms with van der Waals surface area (Å²) in [6.45, 7) is 3.40. The molecule has 11 heteroatoms. The second-order valence-electron chi connectivity index (χ2n) is 8.63. The van der Waals surface area contributed by atoms with Gasteiger partial charge in [0.25, 0.3) is 11.6 Å². The van der Waals surface area contributed by atoms with Crippen molar-refractivity contribution in [3.63, 3.8) is 0 Å². The van der Waals surface area contributed by atoms with Gasteiger partial charge < -0.3 is 18.9 Å². The van der Waals surface area contributed by atoms with Crippen LogP contribution in [0.25, 0.3) is 33.9 Å². The Kier molecular flexibility index (Phi) is 6.87. The summed E-state index contributed by atoms with van der Waals surface area (Å²) in [5.41, 5.74) is 2.75. The van der Waals surface area contributed by atoms with E-state index in [0.29, 0.717) is 39.5 Å². The van der Waals surface area contributed by atoms with Crippen molar-refractivity contribution in [2.75, 3.05) is 5.32 Å². The average molecular weight is 527 g/mol. The average Bonchev–Trinajstić information content (AvgIpc) is 3.66. The van der Waals surface area contributed by atoms with Crippen LogP contribution in [0.1, 0.15) is 29.3 Å². The molecule has 3 aromatic heterocycles. The van der Waals surface area contributed by atoms with Gasteiger partial charge in [0.2, 0.25) is 0 Å². The molecule has 5 aromatic rings. The Hall–Kier alpha value is -5.32. The minimum Gasteiger partial charge on any atom is -0.463 e. The molecule has 0 saturated carbocycles. The maximum atomic E-state index is 13.0. The molecule has 0 fully saturated rings. The summed E-state index contributed by atoms with van der Waals surface area (Å²) < 4.78 is 16.6. The highest BCUT2D eigenvalue weighted by molar-refractivity contribution is 5.99. The molecule has 5 rings (SSSR count). The van der Waals surface area contributed by atoms with E-state index in [4.69, 9.17) is 13.6 Å². The van der Waals surface area contributed by atoms with E-state index in [1.54, 1.807) is 44.2 Å². The third-order valence-electron chi connectivity index (χ3n) is 6.01. The number of fused-ring (bicyclic) bond motifs is 1. The Bertz CT molecular complexity index is 1680. The zero-order valence-electron chi connectivity index (χ0n) is 20.9.